The Labute approximate surface area is 142 Å². The predicted octanol–water partition coefficient (Wildman–Crippen LogP) is 3.56. The molecule has 0 spiro atoms. The zero-order valence-electron chi connectivity index (χ0n) is 13.3. The van der Waals surface area contributed by atoms with Crippen molar-refractivity contribution in [3.8, 4) is 0 Å². The molecule has 0 fully saturated rings. The van der Waals surface area contributed by atoms with Gasteiger partial charge in [-0.3, -0.25) is 4.79 Å². The number of hydrogen-bond acceptors (Lipinski definition) is 6. The van der Waals surface area contributed by atoms with E-state index in [1.165, 1.54) is 11.3 Å². The molecule has 0 radical (unpaired) electrons. The quantitative estimate of drug-likeness (QED) is 0.716. The molecule has 7 heteroatoms. The number of amides is 1. The highest BCUT2D eigenvalue weighted by Gasteiger charge is 2.17. The Hall–Kier alpha value is -2.67. The van der Waals surface area contributed by atoms with Crippen LogP contribution in [0, 0.1) is 6.92 Å². The SMILES string of the molecule is CCOC(=O)c1sc(NC(=O)Cc2noc3ccccc23)cc1C. The minimum atomic E-state index is -0.372. The number of esters is 1. The number of rotatable bonds is 5. The van der Waals surface area contributed by atoms with Crippen molar-refractivity contribution in [1.29, 1.82) is 0 Å². The number of ether oxygens (including phenoxy) is 1. The smallest absolute Gasteiger partial charge is 0.348 e. The summed E-state index contributed by atoms with van der Waals surface area (Å²) < 4.78 is 10.2. The Bertz CT molecular complexity index is 897. The number of carbonyl (C=O) groups is 2. The molecular weight excluding hydrogens is 328 g/mol. The number of fused-ring (bicyclic) bond motifs is 1. The molecule has 3 rings (SSSR count). The summed E-state index contributed by atoms with van der Waals surface area (Å²) >= 11 is 1.20. The van der Waals surface area contributed by atoms with Crippen molar-refractivity contribution >= 4 is 39.2 Å². The maximum absolute atomic E-state index is 12.2. The van der Waals surface area contributed by atoms with Crippen LogP contribution in [0.25, 0.3) is 11.0 Å². The van der Waals surface area contributed by atoms with Crippen molar-refractivity contribution in [1.82, 2.24) is 5.16 Å². The second-order valence-corrected chi connectivity index (χ2v) is 6.25. The molecule has 0 saturated heterocycles. The fourth-order valence-electron chi connectivity index (χ4n) is 2.34. The van der Waals surface area contributed by atoms with E-state index in [0.29, 0.717) is 27.8 Å². The van der Waals surface area contributed by atoms with E-state index in [1.807, 2.05) is 25.1 Å². The fourth-order valence-corrected chi connectivity index (χ4v) is 3.32. The molecule has 2 aromatic heterocycles. The molecule has 1 aromatic carbocycles. The lowest BCUT2D eigenvalue weighted by atomic mass is 10.1. The number of aromatic nitrogens is 1. The van der Waals surface area contributed by atoms with Gasteiger partial charge in [0.2, 0.25) is 5.91 Å². The zero-order chi connectivity index (χ0) is 17.1. The van der Waals surface area contributed by atoms with Gasteiger partial charge < -0.3 is 14.6 Å². The first-order valence-corrected chi connectivity index (χ1v) is 8.31. The number of benzene rings is 1. The van der Waals surface area contributed by atoms with Gasteiger partial charge in [-0.15, -0.1) is 11.3 Å². The third kappa shape index (κ3) is 3.30. The lowest BCUT2D eigenvalue weighted by molar-refractivity contribution is -0.115. The lowest BCUT2D eigenvalue weighted by Gasteiger charge is -2.00. The van der Waals surface area contributed by atoms with E-state index in [-0.39, 0.29) is 18.3 Å². The summed E-state index contributed by atoms with van der Waals surface area (Å²) in [6.07, 6.45) is 0.0999. The summed E-state index contributed by atoms with van der Waals surface area (Å²) in [4.78, 5) is 24.6. The molecule has 0 aliphatic heterocycles. The van der Waals surface area contributed by atoms with E-state index in [0.717, 1.165) is 10.9 Å². The molecule has 124 valence electrons. The summed E-state index contributed by atoms with van der Waals surface area (Å²) in [6, 6.07) is 9.15. The number of nitrogens with zero attached hydrogens (tertiary/aromatic N) is 1. The number of anilines is 1. The Morgan fingerprint density at radius 2 is 2.12 bits per heavy atom. The van der Waals surface area contributed by atoms with Crippen molar-refractivity contribution in [3.05, 3.63) is 46.5 Å². The van der Waals surface area contributed by atoms with Crippen molar-refractivity contribution in [2.45, 2.75) is 20.3 Å². The molecule has 0 aliphatic carbocycles. The van der Waals surface area contributed by atoms with E-state index in [2.05, 4.69) is 10.5 Å². The van der Waals surface area contributed by atoms with Crippen LogP contribution in [0.4, 0.5) is 5.00 Å². The summed E-state index contributed by atoms with van der Waals surface area (Å²) in [5.74, 6) is -0.589. The van der Waals surface area contributed by atoms with Gasteiger partial charge >= 0.3 is 5.97 Å². The topological polar surface area (TPSA) is 81.4 Å². The highest BCUT2D eigenvalue weighted by molar-refractivity contribution is 7.18. The van der Waals surface area contributed by atoms with Gasteiger partial charge in [0.1, 0.15) is 10.6 Å². The number of hydrogen-bond donors (Lipinski definition) is 1. The Morgan fingerprint density at radius 3 is 2.92 bits per heavy atom. The second-order valence-electron chi connectivity index (χ2n) is 5.19. The lowest BCUT2D eigenvalue weighted by Crippen LogP contribution is -2.13. The number of aryl methyl sites for hydroxylation is 1. The van der Waals surface area contributed by atoms with Crippen molar-refractivity contribution in [2.75, 3.05) is 11.9 Å². The molecule has 0 saturated carbocycles. The minimum Gasteiger partial charge on any atom is -0.462 e. The Kier molecular flexibility index (Phi) is 4.61. The number of carbonyl (C=O) groups excluding carboxylic acids is 2. The third-order valence-electron chi connectivity index (χ3n) is 3.42. The summed E-state index contributed by atoms with van der Waals surface area (Å²) in [5, 5.41) is 8.17. The van der Waals surface area contributed by atoms with Gasteiger partial charge in [0.05, 0.1) is 18.0 Å². The summed E-state index contributed by atoms with van der Waals surface area (Å²) in [6.45, 7) is 3.88. The van der Waals surface area contributed by atoms with E-state index in [1.54, 1.807) is 19.1 Å². The molecule has 0 aliphatic rings. The molecular formula is C17H16N2O4S. The third-order valence-corrected chi connectivity index (χ3v) is 4.55. The van der Waals surface area contributed by atoms with Crippen LogP contribution in [0.3, 0.4) is 0 Å². The predicted molar refractivity (Wildman–Crippen MR) is 91.4 cm³/mol. The number of thiophene rings is 1. The van der Waals surface area contributed by atoms with Crippen LogP contribution in [0.2, 0.25) is 0 Å². The normalized spacial score (nSPS) is 10.8. The van der Waals surface area contributed by atoms with Gasteiger partial charge in [-0.25, -0.2) is 4.79 Å². The molecule has 0 bridgehead atoms. The maximum atomic E-state index is 12.2. The van der Waals surface area contributed by atoms with E-state index in [4.69, 9.17) is 9.26 Å². The van der Waals surface area contributed by atoms with Crippen LogP contribution in [0.1, 0.15) is 27.9 Å². The highest BCUT2D eigenvalue weighted by Crippen LogP contribution is 2.27. The molecule has 0 unspecified atom stereocenters. The number of para-hydroxylation sites is 1. The zero-order valence-corrected chi connectivity index (χ0v) is 14.1. The van der Waals surface area contributed by atoms with E-state index >= 15 is 0 Å². The molecule has 3 aromatic rings. The molecule has 6 nitrogen and oxygen atoms in total. The monoisotopic (exact) mass is 344 g/mol. The van der Waals surface area contributed by atoms with Crippen molar-refractivity contribution in [2.24, 2.45) is 0 Å². The first-order chi connectivity index (χ1) is 11.6. The summed E-state index contributed by atoms with van der Waals surface area (Å²) in [7, 11) is 0. The van der Waals surface area contributed by atoms with Crippen molar-refractivity contribution in [3.63, 3.8) is 0 Å². The Morgan fingerprint density at radius 1 is 1.33 bits per heavy atom. The van der Waals surface area contributed by atoms with E-state index in [9.17, 15) is 9.59 Å². The fraction of sp³-hybridized carbons (Fsp3) is 0.235. The van der Waals surface area contributed by atoms with E-state index < -0.39 is 0 Å². The van der Waals surface area contributed by atoms with Crippen LogP contribution < -0.4 is 5.32 Å². The largest absolute Gasteiger partial charge is 0.462 e. The average Bonchev–Trinajstić information content (AvgIpc) is 3.12. The molecule has 24 heavy (non-hydrogen) atoms. The molecule has 1 amide bonds. The van der Waals surface area contributed by atoms with Crippen LogP contribution >= 0.6 is 11.3 Å². The molecule has 1 N–H and O–H groups in total. The molecule has 2 heterocycles. The van der Waals surface area contributed by atoms with Gasteiger partial charge in [0.15, 0.2) is 5.58 Å². The molecule has 0 atom stereocenters. The number of nitrogens with one attached hydrogen (secondary N) is 1. The van der Waals surface area contributed by atoms with Crippen LogP contribution in [-0.2, 0) is 16.0 Å². The first kappa shape index (κ1) is 16.2. The van der Waals surface area contributed by atoms with Crippen LogP contribution in [0.15, 0.2) is 34.9 Å². The van der Waals surface area contributed by atoms with Gasteiger partial charge in [-0.2, -0.15) is 0 Å². The summed E-state index contributed by atoms with van der Waals surface area (Å²) in [5.41, 5.74) is 2.01. The average molecular weight is 344 g/mol. The van der Waals surface area contributed by atoms with Crippen LogP contribution in [0.5, 0.6) is 0 Å². The first-order valence-electron chi connectivity index (χ1n) is 7.49. The van der Waals surface area contributed by atoms with Gasteiger partial charge in [0, 0.05) is 5.39 Å². The second kappa shape index (κ2) is 6.84. The van der Waals surface area contributed by atoms with Gasteiger partial charge in [-0.1, -0.05) is 17.3 Å². The van der Waals surface area contributed by atoms with Crippen LogP contribution in [-0.4, -0.2) is 23.6 Å². The highest BCUT2D eigenvalue weighted by atomic mass is 32.1. The van der Waals surface area contributed by atoms with Gasteiger partial charge in [-0.05, 0) is 37.6 Å². The maximum Gasteiger partial charge on any atom is 0.348 e. The standard InChI is InChI=1S/C17H16N2O4S/c1-3-22-17(21)16-10(2)8-15(24-16)18-14(20)9-12-11-6-4-5-7-13(11)23-19-12/h4-8H,3,9H2,1-2H3,(H,18,20). The Balaban J connectivity index is 1.71. The van der Waals surface area contributed by atoms with Gasteiger partial charge in [0.25, 0.3) is 0 Å². The van der Waals surface area contributed by atoms with Crippen molar-refractivity contribution < 1.29 is 18.8 Å². The minimum absolute atomic E-state index is 0.0999.